The molecule has 3 aliphatic rings. The predicted molar refractivity (Wildman–Crippen MR) is 102 cm³/mol. The third kappa shape index (κ3) is 2.56. The van der Waals surface area contributed by atoms with Crippen LogP contribution in [0.5, 0.6) is 0 Å². The second-order valence-corrected chi connectivity index (χ2v) is 7.61. The lowest BCUT2D eigenvalue weighted by molar-refractivity contribution is -0.134. The van der Waals surface area contributed by atoms with Crippen LogP contribution < -0.4 is 0 Å². The van der Waals surface area contributed by atoms with Crippen LogP contribution in [0.15, 0.2) is 54.6 Å². The van der Waals surface area contributed by atoms with Gasteiger partial charge in [-0.15, -0.1) is 0 Å². The Morgan fingerprint density at radius 3 is 2.25 bits per heavy atom. The summed E-state index contributed by atoms with van der Waals surface area (Å²) in [5, 5.41) is 0. The van der Waals surface area contributed by atoms with E-state index in [0.717, 1.165) is 29.8 Å². The summed E-state index contributed by atoms with van der Waals surface area (Å²) in [6.45, 7) is 1.39. The molecule has 2 unspecified atom stereocenters. The van der Waals surface area contributed by atoms with Crippen molar-refractivity contribution in [2.75, 3.05) is 19.6 Å². The Balaban J connectivity index is 1.41. The number of rotatable bonds is 3. The van der Waals surface area contributed by atoms with E-state index in [9.17, 15) is 14.4 Å². The number of carbonyl (C=O) groups excluding carboxylic acids is 3. The molecule has 2 atom stereocenters. The molecule has 5 rings (SSSR count). The molecule has 0 aromatic heterocycles. The van der Waals surface area contributed by atoms with Crippen LogP contribution in [0.3, 0.4) is 0 Å². The highest BCUT2D eigenvalue weighted by atomic mass is 16.2. The molecule has 28 heavy (non-hydrogen) atoms. The standard InChI is InChI=1S/C22H21N3O3/c26-19(14-25-21(27)17-10-4-5-11-18(17)22(25)28)24-13-16-9-6-12-23(16)20(24)15-7-2-1-3-8-15/h1-5,7-8,10-11,16,20H,6,9,12-14H2. The summed E-state index contributed by atoms with van der Waals surface area (Å²) in [5.74, 6) is -0.951. The lowest BCUT2D eigenvalue weighted by atomic mass is 10.1. The molecular weight excluding hydrogens is 354 g/mol. The van der Waals surface area contributed by atoms with Crippen molar-refractivity contribution in [3.63, 3.8) is 0 Å². The Morgan fingerprint density at radius 1 is 0.929 bits per heavy atom. The van der Waals surface area contributed by atoms with E-state index in [1.54, 1.807) is 24.3 Å². The molecule has 142 valence electrons. The number of carbonyl (C=O) groups is 3. The second kappa shape index (κ2) is 6.56. The molecule has 3 heterocycles. The van der Waals surface area contributed by atoms with E-state index in [2.05, 4.69) is 4.90 Å². The number of hydrogen-bond acceptors (Lipinski definition) is 4. The van der Waals surface area contributed by atoms with Gasteiger partial charge in [-0.3, -0.25) is 24.2 Å². The number of imide groups is 1. The van der Waals surface area contributed by atoms with Crippen molar-refractivity contribution in [3.05, 3.63) is 71.3 Å². The largest absolute Gasteiger partial charge is 0.320 e. The van der Waals surface area contributed by atoms with E-state index >= 15 is 0 Å². The molecular formula is C22H21N3O3. The predicted octanol–water partition coefficient (Wildman–Crippen LogP) is 2.29. The van der Waals surface area contributed by atoms with E-state index in [0.29, 0.717) is 23.7 Å². The van der Waals surface area contributed by atoms with Gasteiger partial charge < -0.3 is 4.90 Å². The maximum absolute atomic E-state index is 13.2. The van der Waals surface area contributed by atoms with E-state index in [-0.39, 0.29) is 30.4 Å². The average molecular weight is 375 g/mol. The first kappa shape index (κ1) is 17.1. The normalized spacial score (nSPS) is 24.0. The zero-order valence-electron chi connectivity index (χ0n) is 15.5. The van der Waals surface area contributed by atoms with Crippen LogP contribution in [0.2, 0.25) is 0 Å². The molecule has 0 bridgehead atoms. The van der Waals surface area contributed by atoms with Crippen molar-refractivity contribution in [1.82, 2.24) is 14.7 Å². The minimum atomic E-state index is -0.384. The number of nitrogens with zero attached hydrogens (tertiary/aromatic N) is 3. The van der Waals surface area contributed by atoms with Gasteiger partial charge in [0, 0.05) is 19.1 Å². The van der Waals surface area contributed by atoms with Gasteiger partial charge in [0.25, 0.3) is 11.8 Å². The molecule has 0 saturated carbocycles. The zero-order valence-corrected chi connectivity index (χ0v) is 15.5. The maximum Gasteiger partial charge on any atom is 0.262 e. The third-order valence-electron chi connectivity index (χ3n) is 6.03. The van der Waals surface area contributed by atoms with Crippen LogP contribution in [0, 0.1) is 0 Å². The number of benzene rings is 2. The molecule has 2 aromatic carbocycles. The average Bonchev–Trinajstić information content (AvgIpc) is 3.38. The summed E-state index contributed by atoms with van der Waals surface area (Å²) < 4.78 is 0. The molecule has 0 aliphatic carbocycles. The highest BCUT2D eigenvalue weighted by molar-refractivity contribution is 6.22. The van der Waals surface area contributed by atoms with Gasteiger partial charge in [-0.25, -0.2) is 0 Å². The number of hydrogen-bond donors (Lipinski definition) is 0. The van der Waals surface area contributed by atoms with Gasteiger partial charge in [0.15, 0.2) is 0 Å². The SMILES string of the molecule is O=C1c2ccccc2C(=O)N1CC(=O)N1CC2CCCN2C1c1ccccc1. The van der Waals surface area contributed by atoms with Gasteiger partial charge in [-0.2, -0.15) is 0 Å². The van der Waals surface area contributed by atoms with E-state index in [4.69, 9.17) is 0 Å². The van der Waals surface area contributed by atoms with Gasteiger partial charge in [-0.05, 0) is 30.5 Å². The highest BCUT2D eigenvalue weighted by Gasteiger charge is 2.46. The summed E-state index contributed by atoms with van der Waals surface area (Å²) >= 11 is 0. The van der Waals surface area contributed by atoms with Gasteiger partial charge in [0.1, 0.15) is 12.7 Å². The summed E-state index contributed by atoms with van der Waals surface area (Å²) in [7, 11) is 0. The molecule has 3 amide bonds. The fraction of sp³-hybridized carbons (Fsp3) is 0.318. The van der Waals surface area contributed by atoms with Crippen LogP contribution in [0.1, 0.15) is 45.3 Å². The van der Waals surface area contributed by atoms with Crippen molar-refractivity contribution in [3.8, 4) is 0 Å². The van der Waals surface area contributed by atoms with Crippen molar-refractivity contribution >= 4 is 17.7 Å². The Hall–Kier alpha value is -2.99. The Kier molecular flexibility index (Phi) is 4.02. The van der Waals surface area contributed by atoms with Gasteiger partial charge in [-0.1, -0.05) is 42.5 Å². The third-order valence-corrected chi connectivity index (χ3v) is 6.03. The van der Waals surface area contributed by atoms with Crippen LogP contribution >= 0.6 is 0 Å². The van der Waals surface area contributed by atoms with Gasteiger partial charge in [0.2, 0.25) is 5.91 Å². The summed E-state index contributed by atoms with van der Waals surface area (Å²) in [6, 6.07) is 17.1. The topological polar surface area (TPSA) is 60.9 Å². The number of fused-ring (bicyclic) bond motifs is 2. The number of amides is 3. The van der Waals surface area contributed by atoms with Gasteiger partial charge in [0.05, 0.1) is 11.1 Å². The molecule has 2 aromatic rings. The minimum absolute atomic E-state index is 0.128. The summed E-state index contributed by atoms with van der Waals surface area (Å²) in [5.41, 5.74) is 1.83. The fourth-order valence-corrected chi connectivity index (χ4v) is 4.73. The smallest absolute Gasteiger partial charge is 0.262 e. The van der Waals surface area contributed by atoms with Crippen LogP contribution in [-0.4, -0.2) is 58.1 Å². The van der Waals surface area contributed by atoms with Crippen molar-refractivity contribution in [2.45, 2.75) is 25.0 Å². The summed E-state index contributed by atoms with van der Waals surface area (Å²) in [4.78, 5) is 43.8. The maximum atomic E-state index is 13.2. The first-order valence-corrected chi connectivity index (χ1v) is 9.70. The fourth-order valence-electron chi connectivity index (χ4n) is 4.73. The molecule has 6 heteroatoms. The molecule has 0 radical (unpaired) electrons. The molecule has 0 spiro atoms. The summed E-state index contributed by atoms with van der Waals surface area (Å²) in [6.07, 6.45) is 2.07. The van der Waals surface area contributed by atoms with Crippen LogP contribution in [0.4, 0.5) is 0 Å². The van der Waals surface area contributed by atoms with Crippen molar-refractivity contribution in [1.29, 1.82) is 0 Å². The van der Waals surface area contributed by atoms with Crippen LogP contribution in [-0.2, 0) is 4.79 Å². The molecule has 2 fully saturated rings. The van der Waals surface area contributed by atoms with Gasteiger partial charge >= 0.3 is 0 Å². The van der Waals surface area contributed by atoms with Crippen molar-refractivity contribution in [2.24, 2.45) is 0 Å². The second-order valence-electron chi connectivity index (χ2n) is 7.61. The first-order chi connectivity index (χ1) is 13.6. The Labute approximate surface area is 163 Å². The highest BCUT2D eigenvalue weighted by Crippen LogP contribution is 2.39. The minimum Gasteiger partial charge on any atom is -0.320 e. The monoisotopic (exact) mass is 375 g/mol. The lowest BCUT2D eigenvalue weighted by Crippen LogP contribution is -2.43. The van der Waals surface area contributed by atoms with E-state index in [1.807, 2.05) is 35.2 Å². The van der Waals surface area contributed by atoms with E-state index < -0.39 is 0 Å². The van der Waals surface area contributed by atoms with Crippen LogP contribution in [0.25, 0.3) is 0 Å². The quantitative estimate of drug-likeness (QED) is 0.773. The zero-order chi connectivity index (χ0) is 19.3. The first-order valence-electron chi connectivity index (χ1n) is 9.70. The molecule has 3 aliphatic heterocycles. The molecule has 0 N–H and O–H groups in total. The molecule has 6 nitrogen and oxygen atoms in total. The Bertz CT molecular complexity index is 924. The Morgan fingerprint density at radius 2 is 1.57 bits per heavy atom. The lowest BCUT2D eigenvalue weighted by Gasteiger charge is -2.30. The van der Waals surface area contributed by atoms with Crippen molar-refractivity contribution < 1.29 is 14.4 Å². The molecule has 2 saturated heterocycles. The van der Waals surface area contributed by atoms with E-state index in [1.165, 1.54) is 0 Å².